The summed E-state index contributed by atoms with van der Waals surface area (Å²) in [6, 6.07) is 14.9. The number of aromatic nitrogens is 4. The van der Waals surface area contributed by atoms with Crippen LogP contribution in [-0.4, -0.2) is 25.7 Å². The second kappa shape index (κ2) is 7.07. The number of rotatable bonds is 4. The van der Waals surface area contributed by atoms with E-state index < -0.39 is 0 Å². The number of halogens is 1. The van der Waals surface area contributed by atoms with Crippen LogP contribution in [0.15, 0.2) is 66.6 Å². The fraction of sp³-hybridized carbons (Fsp3) is 0. The molecule has 0 atom stereocenters. The van der Waals surface area contributed by atoms with Crippen molar-refractivity contribution in [3.63, 3.8) is 0 Å². The quantitative estimate of drug-likeness (QED) is 0.572. The Morgan fingerprint density at radius 3 is 2.62 bits per heavy atom. The predicted molar refractivity (Wildman–Crippen MR) is 102 cm³/mol. The molecule has 6 nitrogen and oxygen atoms in total. The molecule has 4 aromatic rings. The maximum Gasteiger partial charge on any atom is 0.259 e. The fourth-order valence-electron chi connectivity index (χ4n) is 2.42. The number of carbonyl (C=O) groups excluding carboxylic acids is 1. The standard InChI is InChI=1S/C18H12ClN5OS/c19-15-7-6-13(24-10-20-21-11-24)8-14(15)17(25)23-18-22-16(9-26-18)12-4-2-1-3-5-12/h1-11H,(H,22,23,25). The van der Waals surface area contributed by atoms with Gasteiger partial charge in [-0.25, -0.2) is 4.98 Å². The van der Waals surface area contributed by atoms with Gasteiger partial charge in [0, 0.05) is 16.6 Å². The normalized spacial score (nSPS) is 10.7. The molecule has 2 aromatic heterocycles. The van der Waals surface area contributed by atoms with Gasteiger partial charge in [0.1, 0.15) is 12.7 Å². The number of carbonyl (C=O) groups is 1. The summed E-state index contributed by atoms with van der Waals surface area (Å²) in [4.78, 5) is 17.1. The van der Waals surface area contributed by atoms with Crippen LogP contribution in [-0.2, 0) is 0 Å². The number of benzene rings is 2. The molecule has 0 aliphatic carbocycles. The van der Waals surface area contributed by atoms with Crippen LogP contribution in [0.1, 0.15) is 10.4 Å². The number of amides is 1. The highest BCUT2D eigenvalue weighted by Gasteiger charge is 2.14. The zero-order chi connectivity index (χ0) is 17.9. The Balaban J connectivity index is 1.57. The second-order valence-corrected chi connectivity index (χ2v) is 6.66. The van der Waals surface area contributed by atoms with Gasteiger partial charge in [-0.2, -0.15) is 0 Å². The molecule has 128 valence electrons. The van der Waals surface area contributed by atoms with Crippen LogP contribution in [0.4, 0.5) is 5.13 Å². The molecule has 0 aliphatic heterocycles. The molecule has 2 heterocycles. The van der Waals surface area contributed by atoms with Gasteiger partial charge in [0.25, 0.3) is 5.91 Å². The summed E-state index contributed by atoms with van der Waals surface area (Å²) in [6.45, 7) is 0. The Hall–Kier alpha value is -3.03. The minimum Gasteiger partial charge on any atom is -0.298 e. The van der Waals surface area contributed by atoms with Gasteiger partial charge in [0.2, 0.25) is 0 Å². The van der Waals surface area contributed by atoms with Crippen LogP contribution >= 0.6 is 22.9 Å². The molecule has 26 heavy (non-hydrogen) atoms. The number of anilines is 1. The summed E-state index contributed by atoms with van der Waals surface area (Å²) in [5, 5.41) is 13.1. The molecule has 0 spiro atoms. The molecule has 4 rings (SSSR count). The molecular formula is C18H12ClN5OS. The van der Waals surface area contributed by atoms with Crippen molar-refractivity contribution >= 4 is 34.0 Å². The van der Waals surface area contributed by atoms with Crippen LogP contribution < -0.4 is 5.32 Å². The van der Waals surface area contributed by atoms with E-state index in [4.69, 9.17) is 11.6 Å². The summed E-state index contributed by atoms with van der Waals surface area (Å²) < 4.78 is 1.70. The molecule has 1 N–H and O–H groups in total. The first kappa shape index (κ1) is 16.4. The molecule has 0 radical (unpaired) electrons. The summed E-state index contributed by atoms with van der Waals surface area (Å²) in [5.41, 5.74) is 2.91. The predicted octanol–water partition coefficient (Wildman–Crippen LogP) is 4.30. The fourth-order valence-corrected chi connectivity index (χ4v) is 3.34. The molecular weight excluding hydrogens is 370 g/mol. The van der Waals surface area contributed by atoms with Gasteiger partial charge < -0.3 is 0 Å². The minimum atomic E-state index is -0.320. The van der Waals surface area contributed by atoms with Gasteiger partial charge >= 0.3 is 0 Å². The third-order valence-electron chi connectivity index (χ3n) is 3.71. The van der Waals surface area contributed by atoms with E-state index in [0.29, 0.717) is 15.7 Å². The lowest BCUT2D eigenvalue weighted by Crippen LogP contribution is -2.13. The van der Waals surface area contributed by atoms with Gasteiger partial charge in [-0.1, -0.05) is 41.9 Å². The van der Waals surface area contributed by atoms with Gasteiger partial charge in [0.05, 0.1) is 16.3 Å². The molecule has 8 heteroatoms. The topological polar surface area (TPSA) is 72.7 Å². The van der Waals surface area contributed by atoms with Crippen molar-refractivity contribution in [2.45, 2.75) is 0 Å². The Morgan fingerprint density at radius 2 is 1.85 bits per heavy atom. The van der Waals surface area contributed by atoms with E-state index in [-0.39, 0.29) is 5.91 Å². The monoisotopic (exact) mass is 381 g/mol. The van der Waals surface area contributed by atoms with E-state index >= 15 is 0 Å². The lowest BCUT2D eigenvalue weighted by atomic mass is 10.2. The first-order valence-corrected chi connectivity index (χ1v) is 8.93. The number of hydrogen-bond donors (Lipinski definition) is 1. The average molecular weight is 382 g/mol. The maximum atomic E-state index is 12.6. The summed E-state index contributed by atoms with van der Waals surface area (Å²) in [7, 11) is 0. The van der Waals surface area contributed by atoms with Crippen molar-refractivity contribution in [1.82, 2.24) is 19.7 Å². The minimum absolute atomic E-state index is 0.320. The van der Waals surface area contributed by atoms with Crippen molar-refractivity contribution in [1.29, 1.82) is 0 Å². The second-order valence-electron chi connectivity index (χ2n) is 5.39. The Labute approximate surface area is 158 Å². The maximum absolute atomic E-state index is 12.6. The van der Waals surface area contributed by atoms with E-state index in [9.17, 15) is 4.79 Å². The van der Waals surface area contributed by atoms with E-state index in [1.807, 2.05) is 35.7 Å². The number of nitrogens with zero attached hydrogens (tertiary/aromatic N) is 4. The highest BCUT2D eigenvalue weighted by atomic mass is 35.5. The van der Waals surface area contributed by atoms with Gasteiger partial charge in [-0.3, -0.25) is 14.7 Å². The van der Waals surface area contributed by atoms with Crippen molar-refractivity contribution in [2.75, 3.05) is 5.32 Å². The Morgan fingerprint density at radius 1 is 1.08 bits per heavy atom. The molecule has 1 amide bonds. The molecule has 0 saturated heterocycles. The largest absolute Gasteiger partial charge is 0.298 e. The highest BCUT2D eigenvalue weighted by Crippen LogP contribution is 2.26. The first-order valence-electron chi connectivity index (χ1n) is 7.67. The van der Waals surface area contributed by atoms with Crippen molar-refractivity contribution in [3.8, 4) is 16.9 Å². The van der Waals surface area contributed by atoms with Gasteiger partial charge in [0.15, 0.2) is 5.13 Å². The van der Waals surface area contributed by atoms with E-state index in [2.05, 4.69) is 20.5 Å². The third kappa shape index (κ3) is 3.35. The van der Waals surface area contributed by atoms with Gasteiger partial charge in [-0.05, 0) is 18.2 Å². The Kier molecular flexibility index (Phi) is 4.47. The Bertz CT molecular complexity index is 1050. The molecule has 0 unspecified atom stereocenters. The number of nitrogens with one attached hydrogen (secondary N) is 1. The van der Waals surface area contributed by atoms with Crippen LogP contribution in [0.3, 0.4) is 0 Å². The zero-order valence-electron chi connectivity index (χ0n) is 13.3. The highest BCUT2D eigenvalue weighted by molar-refractivity contribution is 7.14. The van der Waals surface area contributed by atoms with E-state index in [1.54, 1.807) is 35.4 Å². The van der Waals surface area contributed by atoms with Crippen LogP contribution in [0.5, 0.6) is 0 Å². The smallest absolute Gasteiger partial charge is 0.259 e. The van der Waals surface area contributed by atoms with Crippen LogP contribution in [0, 0.1) is 0 Å². The van der Waals surface area contributed by atoms with Crippen molar-refractivity contribution < 1.29 is 4.79 Å². The van der Waals surface area contributed by atoms with Crippen molar-refractivity contribution in [2.24, 2.45) is 0 Å². The van der Waals surface area contributed by atoms with E-state index in [0.717, 1.165) is 16.9 Å². The zero-order valence-corrected chi connectivity index (χ0v) is 14.9. The molecule has 2 aromatic carbocycles. The number of thiazole rings is 1. The third-order valence-corrected chi connectivity index (χ3v) is 4.79. The SMILES string of the molecule is O=C(Nc1nc(-c2ccccc2)cs1)c1cc(-n2cnnc2)ccc1Cl. The lowest BCUT2D eigenvalue weighted by Gasteiger charge is -2.07. The molecule has 0 fully saturated rings. The summed E-state index contributed by atoms with van der Waals surface area (Å²) in [5.74, 6) is -0.320. The first-order chi connectivity index (χ1) is 12.7. The van der Waals surface area contributed by atoms with Gasteiger partial charge in [-0.15, -0.1) is 21.5 Å². The lowest BCUT2D eigenvalue weighted by molar-refractivity contribution is 0.102. The average Bonchev–Trinajstić information content (AvgIpc) is 3.35. The molecule has 0 bridgehead atoms. The van der Waals surface area contributed by atoms with E-state index in [1.165, 1.54) is 11.3 Å². The number of hydrogen-bond acceptors (Lipinski definition) is 5. The van der Waals surface area contributed by atoms with Crippen LogP contribution in [0.2, 0.25) is 5.02 Å². The van der Waals surface area contributed by atoms with Crippen molar-refractivity contribution in [3.05, 3.63) is 77.2 Å². The molecule has 0 saturated carbocycles. The summed E-state index contributed by atoms with van der Waals surface area (Å²) in [6.07, 6.45) is 3.11. The van der Waals surface area contributed by atoms with Crippen LogP contribution in [0.25, 0.3) is 16.9 Å². The molecule has 0 aliphatic rings. The summed E-state index contributed by atoms with van der Waals surface area (Å²) >= 11 is 7.57.